The van der Waals surface area contributed by atoms with Gasteiger partial charge in [0.25, 0.3) is 0 Å². The fraction of sp³-hybridized carbons (Fsp3) is 0.481. The summed E-state index contributed by atoms with van der Waals surface area (Å²) in [6.45, 7) is 1.06. The molecular weight excluding hydrogens is 553 g/mol. The molecule has 4 N–H and O–H groups in total. The van der Waals surface area contributed by atoms with E-state index >= 15 is 0 Å². The van der Waals surface area contributed by atoms with Gasteiger partial charge in [0.05, 0.1) is 24.4 Å². The van der Waals surface area contributed by atoms with Crippen molar-refractivity contribution < 1.29 is 38.1 Å². The molecule has 1 saturated heterocycles. The minimum Gasteiger partial charge on any atom is -0.462 e. The van der Waals surface area contributed by atoms with E-state index in [0.717, 1.165) is 25.7 Å². The topological polar surface area (TPSA) is 192 Å². The Labute approximate surface area is 236 Å². The first-order chi connectivity index (χ1) is 19.7. The van der Waals surface area contributed by atoms with Crippen LogP contribution in [0.4, 0.5) is 5.82 Å². The third-order valence-electron chi connectivity index (χ3n) is 7.39. The summed E-state index contributed by atoms with van der Waals surface area (Å²) in [4.78, 5) is 16.7. The van der Waals surface area contributed by atoms with Gasteiger partial charge in [0.2, 0.25) is 5.60 Å². The lowest BCUT2D eigenvalue weighted by molar-refractivity contribution is -0.152. The number of nitriles is 1. The van der Waals surface area contributed by atoms with E-state index in [9.17, 15) is 24.8 Å². The van der Waals surface area contributed by atoms with Crippen LogP contribution in [0.3, 0.4) is 0 Å². The number of aliphatic hydroxyl groups excluding tert-OH is 2. The SMILES string of the molecule is C[C@H](CP(=O)(OC[C@H]1O[C@@](C#N)(c2ccc3c(N)ncnn23)[C@H](O)[C@@H]1O)Oc1ccccc1)C(=O)OC1CCCC1. The number of nitrogens with two attached hydrogens (primary N) is 1. The molecular formula is C27H32N5O8P. The molecule has 2 aliphatic rings. The van der Waals surface area contributed by atoms with E-state index in [-0.39, 0.29) is 29.5 Å². The summed E-state index contributed by atoms with van der Waals surface area (Å²) in [5, 5.41) is 36.1. The van der Waals surface area contributed by atoms with Crippen LogP contribution in [0.15, 0.2) is 48.8 Å². The number of benzene rings is 1. The zero-order valence-electron chi connectivity index (χ0n) is 22.4. The lowest BCUT2D eigenvalue weighted by Crippen LogP contribution is -2.41. The van der Waals surface area contributed by atoms with Crippen molar-refractivity contribution in [3.05, 3.63) is 54.5 Å². The predicted molar refractivity (Wildman–Crippen MR) is 145 cm³/mol. The van der Waals surface area contributed by atoms with Crippen LogP contribution in [-0.2, 0) is 29.0 Å². The van der Waals surface area contributed by atoms with Gasteiger partial charge in [0, 0.05) is 0 Å². The van der Waals surface area contributed by atoms with E-state index in [0.29, 0.717) is 5.52 Å². The normalized spacial score (nSPS) is 26.8. The molecule has 3 aromatic rings. The van der Waals surface area contributed by atoms with Gasteiger partial charge in [-0.2, -0.15) is 10.4 Å². The maximum atomic E-state index is 14.0. The first-order valence-corrected chi connectivity index (χ1v) is 15.1. The van der Waals surface area contributed by atoms with Crippen molar-refractivity contribution >= 4 is 24.9 Å². The number of aliphatic hydroxyl groups is 2. The summed E-state index contributed by atoms with van der Waals surface area (Å²) in [5.74, 6) is -0.925. The molecule has 5 rings (SSSR count). The summed E-state index contributed by atoms with van der Waals surface area (Å²) in [6, 6.07) is 13.3. The van der Waals surface area contributed by atoms with Crippen molar-refractivity contribution in [3.8, 4) is 11.8 Å². The fourth-order valence-electron chi connectivity index (χ4n) is 5.19. The molecule has 6 atom stereocenters. The molecule has 1 saturated carbocycles. The van der Waals surface area contributed by atoms with Gasteiger partial charge in [-0.05, 0) is 49.9 Å². The summed E-state index contributed by atoms with van der Waals surface area (Å²) in [5.41, 5.74) is 4.34. The van der Waals surface area contributed by atoms with Gasteiger partial charge >= 0.3 is 13.6 Å². The van der Waals surface area contributed by atoms with Crippen LogP contribution >= 0.6 is 7.60 Å². The van der Waals surface area contributed by atoms with Gasteiger partial charge in [0.1, 0.15) is 48.1 Å². The third kappa shape index (κ3) is 5.80. The maximum absolute atomic E-state index is 14.0. The number of rotatable bonds is 10. The number of para-hydroxylation sites is 1. The number of carbonyl (C=O) groups is 1. The highest BCUT2D eigenvalue weighted by atomic mass is 31.2. The summed E-state index contributed by atoms with van der Waals surface area (Å²) < 4.78 is 38.3. The average Bonchev–Trinajstić information content (AvgIpc) is 3.69. The minimum absolute atomic E-state index is 0.116. The van der Waals surface area contributed by atoms with Crippen molar-refractivity contribution in [2.75, 3.05) is 18.5 Å². The predicted octanol–water partition coefficient (Wildman–Crippen LogP) is 2.56. The first kappa shape index (κ1) is 29.0. The third-order valence-corrected chi connectivity index (χ3v) is 9.42. The van der Waals surface area contributed by atoms with Crippen LogP contribution in [0.1, 0.15) is 38.3 Å². The summed E-state index contributed by atoms with van der Waals surface area (Å²) in [7, 11) is -4.05. The smallest absolute Gasteiger partial charge is 0.380 e. The van der Waals surface area contributed by atoms with Crippen LogP contribution in [0, 0.1) is 17.2 Å². The Morgan fingerprint density at radius 3 is 2.71 bits per heavy atom. The molecule has 2 fully saturated rings. The Hall–Kier alpha value is -3.53. The highest BCUT2D eigenvalue weighted by molar-refractivity contribution is 7.54. The highest BCUT2D eigenvalue weighted by Gasteiger charge is 2.58. The zero-order chi connectivity index (χ0) is 29.2. The number of nitrogen functional groups attached to an aromatic ring is 1. The molecule has 1 aromatic carbocycles. The van der Waals surface area contributed by atoms with Crippen LogP contribution in [0.2, 0.25) is 0 Å². The second-order valence-electron chi connectivity index (χ2n) is 10.3. The van der Waals surface area contributed by atoms with Crippen molar-refractivity contribution in [2.45, 2.75) is 62.6 Å². The molecule has 0 bridgehead atoms. The Bertz CT molecular complexity index is 1470. The van der Waals surface area contributed by atoms with E-state index in [2.05, 4.69) is 10.1 Å². The minimum atomic E-state index is -4.05. The molecule has 1 unspecified atom stereocenters. The highest BCUT2D eigenvalue weighted by Crippen LogP contribution is 2.51. The van der Waals surface area contributed by atoms with Gasteiger partial charge in [0.15, 0.2) is 5.82 Å². The Balaban J connectivity index is 1.35. The van der Waals surface area contributed by atoms with Gasteiger partial charge in [-0.15, -0.1) is 0 Å². The van der Waals surface area contributed by atoms with Gasteiger partial charge in [-0.3, -0.25) is 9.32 Å². The lowest BCUT2D eigenvalue weighted by Gasteiger charge is -2.25. The Kier molecular flexibility index (Phi) is 8.31. The van der Waals surface area contributed by atoms with Crippen LogP contribution in [-0.4, -0.2) is 68.0 Å². The number of fused-ring (bicyclic) bond motifs is 1. The second kappa shape index (κ2) is 11.8. The molecule has 0 spiro atoms. The number of carbonyl (C=O) groups excluding carboxylic acids is 1. The second-order valence-corrected chi connectivity index (χ2v) is 12.4. The van der Waals surface area contributed by atoms with Crippen molar-refractivity contribution in [2.24, 2.45) is 5.92 Å². The molecule has 14 heteroatoms. The lowest BCUT2D eigenvalue weighted by atomic mass is 9.92. The molecule has 41 heavy (non-hydrogen) atoms. The van der Waals surface area contributed by atoms with E-state index in [1.807, 2.05) is 6.07 Å². The number of aromatic nitrogens is 3. The zero-order valence-corrected chi connectivity index (χ0v) is 23.3. The molecule has 218 valence electrons. The Morgan fingerprint density at radius 2 is 2.00 bits per heavy atom. The summed E-state index contributed by atoms with van der Waals surface area (Å²) in [6.07, 6.45) is -0.317. The summed E-state index contributed by atoms with van der Waals surface area (Å²) >= 11 is 0. The number of ether oxygens (including phenoxy) is 2. The number of esters is 1. The van der Waals surface area contributed by atoms with E-state index in [4.69, 9.17) is 24.3 Å². The fourth-order valence-corrected chi connectivity index (χ4v) is 7.06. The molecule has 2 aromatic heterocycles. The number of hydrogen-bond donors (Lipinski definition) is 3. The first-order valence-electron chi connectivity index (χ1n) is 13.4. The van der Waals surface area contributed by atoms with Crippen LogP contribution < -0.4 is 10.3 Å². The van der Waals surface area contributed by atoms with Crippen molar-refractivity contribution in [3.63, 3.8) is 0 Å². The molecule has 13 nitrogen and oxygen atoms in total. The van der Waals surface area contributed by atoms with Crippen molar-refractivity contribution in [1.29, 1.82) is 5.26 Å². The molecule has 0 radical (unpaired) electrons. The average molecular weight is 586 g/mol. The van der Waals surface area contributed by atoms with Crippen LogP contribution in [0.25, 0.3) is 5.52 Å². The van der Waals surface area contributed by atoms with Crippen LogP contribution in [0.5, 0.6) is 5.75 Å². The molecule has 3 heterocycles. The number of anilines is 1. The number of nitrogens with zero attached hydrogens (tertiary/aromatic N) is 4. The van der Waals surface area contributed by atoms with Gasteiger partial charge < -0.3 is 29.9 Å². The molecule has 0 amide bonds. The van der Waals surface area contributed by atoms with Crippen molar-refractivity contribution in [1.82, 2.24) is 14.6 Å². The maximum Gasteiger partial charge on any atom is 0.380 e. The largest absolute Gasteiger partial charge is 0.462 e. The van der Waals surface area contributed by atoms with E-state index in [1.165, 1.54) is 16.9 Å². The monoisotopic (exact) mass is 585 g/mol. The van der Waals surface area contributed by atoms with Gasteiger partial charge in [-0.25, -0.2) is 14.1 Å². The quantitative estimate of drug-likeness (QED) is 0.233. The number of hydrogen-bond acceptors (Lipinski definition) is 12. The van der Waals surface area contributed by atoms with Gasteiger partial charge in [-0.1, -0.05) is 25.1 Å². The van der Waals surface area contributed by atoms with E-state index < -0.39 is 50.0 Å². The molecule has 1 aliphatic carbocycles. The Morgan fingerprint density at radius 1 is 1.27 bits per heavy atom. The van der Waals surface area contributed by atoms with E-state index in [1.54, 1.807) is 43.3 Å². The standard InChI is InChI=1S/C27H32N5O8P/c1-17(26(35)38-18-7-5-6-8-18)14-41(36,40-19-9-3-2-4-10-19)37-13-21-23(33)24(34)27(15-28,39-21)22-12-11-20-25(29)30-16-31-32(20)22/h2-4,9-12,16-18,21,23-24,33-34H,5-8,13-14H2,1H3,(H2,29,30,31)/t17-,21-,23-,24-,27+,41?/m1/s1. The molecule has 1 aliphatic heterocycles.